The van der Waals surface area contributed by atoms with E-state index in [-0.39, 0.29) is 17.9 Å². The highest BCUT2D eigenvalue weighted by Crippen LogP contribution is 2.30. The van der Waals surface area contributed by atoms with Crippen LogP contribution in [0.5, 0.6) is 0 Å². The highest BCUT2D eigenvalue weighted by atomic mass is 19.1. The third-order valence-corrected chi connectivity index (χ3v) is 3.75. The fraction of sp³-hybridized carbons (Fsp3) is 0.357. The van der Waals surface area contributed by atoms with E-state index in [4.69, 9.17) is 0 Å². The molecule has 1 aliphatic heterocycles. The normalized spacial score (nSPS) is 17.5. The first-order chi connectivity index (χ1) is 10.0. The van der Waals surface area contributed by atoms with Crippen LogP contribution >= 0.6 is 0 Å². The molecule has 0 spiro atoms. The SMILES string of the molecule is C[C@@H]1c2cc(F)ccc2CCN1C(=O)Nc1cn(C)nn1. The zero-order chi connectivity index (χ0) is 15.0. The number of aromatic nitrogens is 3. The summed E-state index contributed by atoms with van der Waals surface area (Å²) in [7, 11) is 1.73. The summed E-state index contributed by atoms with van der Waals surface area (Å²) in [4.78, 5) is 14.0. The van der Waals surface area contributed by atoms with Gasteiger partial charge in [-0.15, -0.1) is 5.10 Å². The summed E-state index contributed by atoms with van der Waals surface area (Å²) >= 11 is 0. The molecule has 2 heterocycles. The van der Waals surface area contributed by atoms with Gasteiger partial charge in [-0.25, -0.2) is 9.18 Å². The van der Waals surface area contributed by atoms with E-state index in [9.17, 15) is 9.18 Å². The lowest BCUT2D eigenvalue weighted by Gasteiger charge is -2.35. The summed E-state index contributed by atoms with van der Waals surface area (Å²) < 4.78 is 14.9. The molecule has 1 aromatic heterocycles. The van der Waals surface area contributed by atoms with Crippen molar-refractivity contribution in [2.24, 2.45) is 7.05 Å². The maximum atomic E-state index is 13.4. The number of nitrogens with one attached hydrogen (secondary N) is 1. The molecule has 1 aliphatic rings. The van der Waals surface area contributed by atoms with Crippen molar-refractivity contribution in [2.45, 2.75) is 19.4 Å². The second kappa shape index (κ2) is 5.16. The van der Waals surface area contributed by atoms with Gasteiger partial charge in [0.05, 0.1) is 12.2 Å². The summed E-state index contributed by atoms with van der Waals surface area (Å²) in [6.07, 6.45) is 2.34. The van der Waals surface area contributed by atoms with Crippen molar-refractivity contribution < 1.29 is 9.18 Å². The average Bonchev–Trinajstić information content (AvgIpc) is 2.85. The largest absolute Gasteiger partial charge is 0.323 e. The van der Waals surface area contributed by atoms with Crippen molar-refractivity contribution in [3.8, 4) is 0 Å². The molecule has 0 saturated heterocycles. The number of rotatable bonds is 1. The van der Waals surface area contributed by atoms with Crippen molar-refractivity contribution >= 4 is 11.8 Å². The second-order valence-electron chi connectivity index (χ2n) is 5.17. The van der Waals surface area contributed by atoms with Gasteiger partial charge in [0.15, 0.2) is 5.82 Å². The molecule has 0 unspecified atom stereocenters. The Balaban J connectivity index is 1.79. The van der Waals surface area contributed by atoms with Crippen LogP contribution in [0.25, 0.3) is 0 Å². The molecule has 3 rings (SSSR count). The third-order valence-electron chi connectivity index (χ3n) is 3.75. The molecule has 21 heavy (non-hydrogen) atoms. The molecule has 7 heteroatoms. The molecule has 1 atom stereocenters. The van der Waals surface area contributed by atoms with Crippen LogP contribution in [0, 0.1) is 5.82 Å². The van der Waals surface area contributed by atoms with Gasteiger partial charge in [-0.1, -0.05) is 11.3 Å². The van der Waals surface area contributed by atoms with Gasteiger partial charge < -0.3 is 4.90 Å². The van der Waals surface area contributed by atoms with Crippen LogP contribution < -0.4 is 5.32 Å². The molecule has 0 saturated carbocycles. The predicted molar refractivity (Wildman–Crippen MR) is 75.2 cm³/mol. The first-order valence-corrected chi connectivity index (χ1v) is 6.77. The minimum Gasteiger partial charge on any atom is -0.317 e. The Morgan fingerprint density at radius 1 is 1.48 bits per heavy atom. The van der Waals surface area contributed by atoms with Gasteiger partial charge in [0.1, 0.15) is 5.82 Å². The van der Waals surface area contributed by atoms with Gasteiger partial charge in [0.2, 0.25) is 0 Å². The number of aryl methyl sites for hydroxylation is 1. The molecule has 0 fully saturated rings. The van der Waals surface area contributed by atoms with Crippen LogP contribution in [-0.4, -0.2) is 32.5 Å². The molecule has 0 bridgehead atoms. The highest BCUT2D eigenvalue weighted by Gasteiger charge is 2.28. The molecule has 2 amide bonds. The smallest absolute Gasteiger partial charge is 0.317 e. The number of halogens is 1. The van der Waals surface area contributed by atoms with Crippen LogP contribution in [0.1, 0.15) is 24.1 Å². The van der Waals surface area contributed by atoms with E-state index in [1.807, 2.05) is 6.92 Å². The van der Waals surface area contributed by atoms with Gasteiger partial charge >= 0.3 is 6.03 Å². The fourth-order valence-electron chi connectivity index (χ4n) is 2.65. The van der Waals surface area contributed by atoms with Crippen LogP contribution in [0.2, 0.25) is 0 Å². The molecule has 1 N–H and O–H groups in total. The van der Waals surface area contributed by atoms with Crippen molar-refractivity contribution in [3.63, 3.8) is 0 Å². The Morgan fingerprint density at radius 3 is 3.00 bits per heavy atom. The number of carbonyl (C=O) groups is 1. The van der Waals surface area contributed by atoms with Crippen LogP contribution in [0.3, 0.4) is 0 Å². The molecular formula is C14H16FN5O. The number of amides is 2. The number of nitrogens with zero attached hydrogens (tertiary/aromatic N) is 4. The zero-order valence-corrected chi connectivity index (χ0v) is 11.9. The van der Waals surface area contributed by atoms with Crippen LogP contribution in [0.4, 0.5) is 15.0 Å². The zero-order valence-electron chi connectivity index (χ0n) is 11.9. The molecule has 6 nitrogen and oxygen atoms in total. The molecular weight excluding hydrogens is 273 g/mol. The Morgan fingerprint density at radius 2 is 2.29 bits per heavy atom. The Bertz CT molecular complexity index is 684. The van der Waals surface area contributed by atoms with E-state index in [1.165, 1.54) is 16.8 Å². The van der Waals surface area contributed by atoms with E-state index in [1.54, 1.807) is 24.2 Å². The van der Waals surface area contributed by atoms with Crippen molar-refractivity contribution in [2.75, 3.05) is 11.9 Å². The van der Waals surface area contributed by atoms with E-state index in [0.29, 0.717) is 18.8 Å². The van der Waals surface area contributed by atoms with Gasteiger partial charge in [0, 0.05) is 13.6 Å². The third kappa shape index (κ3) is 2.58. The number of benzene rings is 1. The number of hydrogen-bond acceptors (Lipinski definition) is 3. The van der Waals surface area contributed by atoms with E-state index < -0.39 is 0 Å². The minimum absolute atomic E-state index is 0.180. The lowest BCUT2D eigenvalue weighted by Crippen LogP contribution is -2.41. The summed E-state index contributed by atoms with van der Waals surface area (Å²) in [5.74, 6) is 0.122. The number of hydrogen-bond donors (Lipinski definition) is 1. The van der Waals surface area contributed by atoms with Crippen LogP contribution in [0.15, 0.2) is 24.4 Å². The lowest BCUT2D eigenvalue weighted by molar-refractivity contribution is 0.188. The lowest BCUT2D eigenvalue weighted by atomic mass is 9.94. The maximum absolute atomic E-state index is 13.4. The van der Waals surface area contributed by atoms with Gasteiger partial charge in [-0.05, 0) is 36.6 Å². The van der Waals surface area contributed by atoms with E-state index >= 15 is 0 Å². The number of fused-ring (bicyclic) bond motifs is 1. The molecule has 1 aromatic carbocycles. The Kier molecular flexibility index (Phi) is 3.32. The minimum atomic E-state index is -0.281. The summed E-state index contributed by atoms with van der Waals surface area (Å²) in [5.41, 5.74) is 1.95. The summed E-state index contributed by atoms with van der Waals surface area (Å²) in [6, 6.07) is 4.32. The van der Waals surface area contributed by atoms with Crippen molar-refractivity contribution in [1.82, 2.24) is 19.9 Å². The number of urea groups is 1. The van der Waals surface area contributed by atoms with Gasteiger partial charge in [-0.2, -0.15) is 0 Å². The maximum Gasteiger partial charge on any atom is 0.323 e. The standard InChI is InChI=1S/C14H16FN5O/c1-9-12-7-11(15)4-3-10(12)5-6-20(9)14(21)16-13-8-19(2)18-17-13/h3-4,7-9H,5-6H2,1-2H3,(H,16,21)/t9-/m1/s1. The predicted octanol–water partition coefficient (Wildman–Crippen LogP) is 2.11. The molecule has 2 aromatic rings. The van der Waals surface area contributed by atoms with Crippen molar-refractivity contribution in [1.29, 1.82) is 0 Å². The second-order valence-corrected chi connectivity index (χ2v) is 5.17. The summed E-state index contributed by atoms with van der Waals surface area (Å²) in [5, 5.41) is 10.3. The van der Waals surface area contributed by atoms with E-state index in [0.717, 1.165) is 11.1 Å². The number of carbonyl (C=O) groups excluding carboxylic acids is 1. The average molecular weight is 289 g/mol. The fourth-order valence-corrected chi connectivity index (χ4v) is 2.65. The first kappa shape index (κ1) is 13.5. The molecule has 110 valence electrons. The van der Waals surface area contributed by atoms with Crippen molar-refractivity contribution in [3.05, 3.63) is 41.3 Å². The van der Waals surface area contributed by atoms with Gasteiger partial charge in [0.25, 0.3) is 0 Å². The van der Waals surface area contributed by atoms with Crippen LogP contribution in [-0.2, 0) is 13.5 Å². The first-order valence-electron chi connectivity index (χ1n) is 6.77. The monoisotopic (exact) mass is 289 g/mol. The topological polar surface area (TPSA) is 63.1 Å². The molecule has 0 aliphatic carbocycles. The Labute approximate surface area is 121 Å². The number of anilines is 1. The summed E-state index contributed by atoms with van der Waals surface area (Å²) in [6.45, 7) is 2.49. The highest BCUT2D eigenvalue weighted by molar-refractivity contribution is 5.88. The Hall–Kier alpha value is -2.44. The van der Waals surface area contributed by atoms with E-state index in [2.05, 4.69) is 15.6 Å². The van der Waals surface area contributed by atoms with Gasteiger partial charge in [-0.3, -0.25) is 10.00 Å². The quantitative estimate of drug-likeness (QED) is 0.874. The molecule has 0 radical (unpaired) electrons.